The van der Waals surface area contributed by atoms with E-state index in [0.29, 0.717) is 0 Å². The van der Waals surface area contributed by atoms with E-state index in [9.17, 15) is 10.1 Å². The van der Waals surface area contributed by atoms with Crippen molar-refractivity contribution >= 4 is 22.4 Å². The van der Waals surface area contributed by atoms with Gasteiger partial charge in [0.25, 0.3) is 5.69 Å². The fourth-order valence-electron chi connectivity index (χ4n) is 3.13. The number of hydrogen-bond acceptors (Lipinski definition) is 5. The van der Waals surface area contributed by atoms with Crippen LogP contribution in [0.2, 0.25) is 0 Å². The van der Waals surface area contributed by atoms with Crippen LogP contribution < -0.4 is 4.90 Å². The topological polar surface area (TPSA) is 62.5 Å². The van der Waals surface area contributed by atoms with Gasteiger partial charge in [-0.3, -0.25) is 10.1 Å². The van der Waals surface area contributed by atoms with Gasteiger partial charge in [-0.25, -0.2) is 4.98 Å². The molecule has 1 aliphatic heterocycles. The van der Waals surface area contributed by atoms with Gasteiger partial charge in [-0.1, -0.05) is 6.92 Å². The van der Waals surface area contributed by atoms with Crippen LogP contribution in [0.1, 0.15) is 19.8 Å². The normalized spacial score (nSPS) is 16.5. The number of nitro benzene ring substituents is 1. The molecular formula is C17H22N4O2. The maximum Gasteiger partial charge on any atom is 0.270 e. The molecular weight excluding hydrogens is 292 g/mol. The Bertz CT molecular complexity index is 704. The molecule has 122 valence electrons. The molecule has 0 unspecified atom stereocenters. The zero-order chi connectivity index (χ0) is 16.2. The zero-order valence-electron chi connectivity index (χ0n) is 13.4. The summed E-state index contributed by atoms with van der Waals surface area (Å²) in [5.74, 6) is 0.963. The Morgan fingerprint density at radius 2 is 2.04 bits per heavy atom. The van der Waals surface area contributed by atoms with Crippen LogP contribution in [0.5, 0.6) is 0 Å². The smallest absolute Gasteiger partial charge is 0.270 e. The van der Waals surface area contributed by atoms with E-state index >= 15 is 0 Å². The van der Waals surface area contributed by atoms with E-state index in [2.05, 4.69) is 16.7 Å². The highest BCUT2D eigenvalue weighted by Crippen LogP contribution is 2.23. The molecule has 2 aromatic rings. The summed E-state index contributed by atoms with van der Waals surface area (Å²) >= 11 is 0. The van der Waals surface area contributed by atoms with Gasteiger partial charge in [0.2, 0.25) is 0 Å². The number of anilines is 1. The predicted molar refractivity (Wildman–Crippen MR) is 92.0 cm³/mol. The number of aromatic nitrogens is 1. The van der Waals surface area contributed by atoms with Crippen LogP contribution in [0.3, 0.4) is 0 Å². The highest BCUT2D eigenvalue weighted by Gasteiger charge is 2.16. The summed E-state index contributed by atoms with van der Waals surface area (Å²) in [7, 11) is 0. The van der Waals surface area contributed by atoms with Crippen molar-refractivity contribution < 1.29 is 4.92 Å². The van der Waals surface area contributed by atoms with Gasteiger partial charge in [0.05, 0.1) is 10.4 Å². The number of hydrogen-bond donors (Lipinski definition) is 0. The molecule has 0 N–H and O–H groups in total. The number of pyridine rings is 1. The SMILES string of the molecule is CCCN1CCCN(c2ccc3cc([N+](=O)[O-])ccc3n2)CC1. The van der Waals surface area contributed by atoms with Gasteiger partial charge in [0, 0.05) is 37.2 Å². The van der Waals surface area contributed by atoms with Crippen LogP contribution in [0.25, 0.3) is 10.9 Å². The van der Waals surface area contributed by atoms with Crippen molar-refractivity contribution in [3.05, 3.63) is 40.4 Å². The molecule has 23 heavy (non-hydrogen) atoms. The van der Waals surface area contributed by atoms with E-state index in [4.69, 9.17) is 4.98 Å². The minimum atomic E-state index is -0.371. The third kappa shape index (κ3) is 3.59. The van der Waals surface area contributed by atoms with E-state index in [-0.39, 0.29) is 10.6 Å². The molecule has 0 amide bonds. The monoisotopic (exact) mass is 314 g/mol. The van der Waals surface area contributed by atoms with Crippen molar-refractivity contribution in [3.8, 4) is 0 Å². The first-order chi connectivity index (χ1) is 11.2. The Labute approximate surface area is 135 Å². The fourth-order valence-corrected chi connectivity index (χ4v) is 3.13. The lowest BCUT2D eigenvalue weighted by molar-refractivity contribution is -0.384. The van der Waals surface area contributed by atoms with Crippen molar-refractivity contribution in [2.45, 2.75) is 19.8 Å². The lowest BCUT2D eigenvalue weighted by Crippen LogP contribution is -2.31. The Hall–Kier alpha value is -2.21. The summed E-state index contributed by atoms with van der Waals surface area (Å²) in [5, 5.41) is 11.7. The van der Waals surface area contributed by atoms with Crippen molar-refractivity contribution in [3.63, 3.8) is 0 Å². The molecule has 1 saturated heterocycles. The Morgan fingerprint density at radius 3 is 2.83 bits per heavy atom. The summed E-state index contributed by atoms with van der Waals surface area (Å²) in [5.41, 5.74) is 0.916. The molecule has 2 heterocycles. The maximum absolute atomic E-state index is 10.9. The largest absolute Gasteiger partial charge is 0.355 e. The molecule has 3 rings (SSSR count). The molecule has 0 saturated carbocycles. The van der Waals surface area contributed by atoms with Crippen LogP contribution in [-0.2, 0) is 0 Å². The lowest BCUT2D eigenvalue weighted by atomic mass is 10.2. The number of fused-ring (bicyclic) bond motifs is 1. The third-order valence-corrected chi connectivity index (χ3v) is 4.32. The van der Waals surface area contributed by atoms with Crippen molar-refractivity contribution in [2.75, 3.05) is 37.6 Å². The van der Waals surface area contributed by atoms with Crippen molar-refractivity contribution in [2.24, 2.45) is 0 Å². The van der Waals surface area contributed by atoms with E-state index in [1.807, 2.05) is 12.1 Å². The predicted octanol–water partition coefficient (Wildman–Crippen LogP) is 3.07. The van der Waals surface area contributed by atoms with Gasteiger partial charge in [0.1, 0.15) is 5.82 Å². The first-order valence-electron chi connectivity index (χ1n) is 8.20. The second-order valence-electron chi connectivity index (χ2n) is 5.99. The highest BCUT2D eigenvalue weighted by molar-refractivity contribution is 5.82. The molecule has 0 atom stereocenters. The summed E-state index contributed by atoms with van der Waals surface area (Å²) in [6.07, 6.45) is 2.33. The summed E-state index contributed by atoms with van der Waals surface area (Å²) < 4.78 is 0. The molecule has 6 nitrogen and oxygen atoms in total. The number of rotatable bonds is 4. The number of non-ortho nitro benzene ring substituents is 1. The molecule has 6 heteroatoms. The van der Waals surface area contributed by atoms with Crippen LogP contribution >= 0.6 is 0 Å². The summed E-state index contributed by atoms with van der Waals surface area (Å²) in [6.45, 7) is 7.56. The Balaban J connectivity index is 1.80. The Kier molecular flexibility index (Phi) is 4.71. The van der Waals surface area contributed by atoms with Crippen molar-refractivity contribution in [1.82, 2.24) is 9.88 Å². The maximum atomic E-state index is 10.9. The zero-order valence-corrected chi connectivity index (χ0v) is 13.4. The highest BCUT2D eigenvalue weighted by atomic mass is 16.6. The Morgan fingerprint density at radius 1 is 1.17 bits per heavy atom. The van der Waals surface area contributed by atoms with E-state index in [1.54, 1.807) is 12.1 Å². The van der Waals surface area contributed by atoms with E-state index in [0.717, 1.165) is 55.9 Å². The second kappa shape index (κ2) is 6.91. The lowest BCUT2D eigenvalue weighted by Gasteiger charge is -2.22. The molecule has 0 radical (unpaired) electrons. The van der Waals surface area contributed by atoms with Crippen LogP contribution in [-0.4, -0.2) is 47.5 Å². The van der Waals surface area contributed by atoms with Gasteiger partial charge < -0.3 is 9.80 Å². The quantitative estimate of drug-likeness (QED) is 0.641. The van der Waals surface area contributed by atoms with Crippen LogP contribution in [0.4, 0.5) is 11.5 Å². The summed E-state index contributed by atoms with van der Waals surface area (Å²) in [6, 6.07) is 8.74. The van der Waals surface area contributed by atoms with Crippen LogP contribution in [0, 0.1) is 10.1 Å². The van der Waals surface area contributed by atoms with Gasteiger partial charge in [0.15, 0.2) is 0 Å². The van der Waals surface area contributed by atoms with Crippen molar-refractivity contribution in [1.29, 1.82) is 0 Å². The van der Waals surface area contributed by atoms with Crippen LogP contribution in [0.15, 0.2) is 30.3 Å². The second-order valence-corrected chi connectivity index (χ2v) is 5.99. The number of benzene rings is 1. The number of nitrogens with zero attached hydrogens (tertiary/aromatic N) is 4. The van der Waals surface area contributed by atoms with Gasteiger partial charge >= 0.3 is 0 Å². The third-order valence-electron chi connectivity index (χ3n) is 4.32. The average molecular weight is 314 g/mol. The number of nitro groups is 1. The molecule has 1 aliphatic rings. The van der Waals surface area contributed by atoms with Gasteiger partial charge in [-0.15, -0.1) is 0 Å². The molecule has 0 bridgehead atoms. The first kappa shape index (κ1) is 15.7. The molecule has 0 spiro atoms. The molecule has 1 fully saturated rings. The standard InChI is InChI=1S/C17H22N4O2/c1-2-8-19-9-3-10-20(12-11-19)17-7-4-14-13-15(21(22)23)5-6-16(14)18-17/h4-7,13H,2-3,8-12H2,1H3. The first-order valence-corrected chi connectivity index (χ1v) is 8.20. The summed E-state index contributed by atoms with van der Waals surface area (Å²) in [4.78, 5) is 20.0. The minimum Gasteiger partial charge on any atom is -0.355 e. The average Bonchev–Trinajstić information content (AvgIpc) is 2.80. The van der Waals surface area contributed by atoms with Gasteiger partial charge in [-0.2, -0.15) is 0 Å². The molecule has 1 aromatic heterocycles. The molecule has 0 aliphatic carbocycles. The fraction of sp³-hybridized carbons (Fsp3) is 0.471. The minimum absolute atomic E-state index is 0.108. The van der Waals surface area contributed by atoms with Gasteiger partial charge in [-0.05, 0) is 44.1 Å². The molecule has 1 aromatic carbocycles. The van der Waals surface area contributed by atoms with E-state index < -0.39 is 0 Å². The van der Waals surface area contributed by atoms with E-state index in [1.165, 1.54) is 12.5 Å².